The Morgan fingerprint density at radius 2 is 2.12 bits per heavy atom. The lowest BCUT2D eigenvalue weighted by Crippen LogP contribution is -2.47. The molecule has 1 aromatic rings. The summed E-state index contributed by atoms with van der Waals surface area (Å²) in [6.45, 7) is 2.45. The first-order chi connectivity index (χ1) is 11.6. The number of nitrogens with zero attached hydrogens (tertiary/aromatic N) is 4. The SMILES string of the molecule is Cn1nccc1C(=O)N1CCCC2(CCC(=O)N2CC2CC2)CC1. The Kier molecular flexibility index (Phi) is 3.85. The van der Waals surface area contributed by atoms with Gasteiger partial charge in [0, 0.05) is 44.8 Å². The van der Waals surface area contributed by atoms with E-state index in [9.17, 15) is 9.59 Å². The number of hydrogen-bond acceptors (Lipinski definition) is 3. The van der Waals surface area contributed by atoms with Crippen molar-refractivity contribution in [3.8, 4) is 0 Å². The van der Waals surface area contributed by atoms with Crippen molar-refractivity contribution in [3.05, 3.63) is 18.0 Å². The number of carbonyl (C=O) groups is 2. The van der Waals surface area contributed by atoms with Gasteiger partial charge in [0.25, 0.3) is 5.91 Å². The second kappa shape index (κ2) is 5.90. The van der Waals surface area contributed by atoms with E-state index < -0.39 is 0 Å². The minimum absolute atomic E-state index is 0.00115. The molecule has 1 atom stereocenters. The first kappa shape index (κ1) is 15.7. The van der Waals surface area contributed by atoms with Crippen molar-refractivity contribution in [2.24, 2.45) is 13.0 Å². The molecule has 24 heavy (non-hydrogen) atoms. The predicted molar refractivity (Wildman–Crippen MR) is 89.4 cm³/mol. The zero-order valence-electron chi connectivity index (χ0n) is 14.4. The summed E-state index contributed by atoms with van der Waals surface area (Å²) >= 11 is 0. The van der Waals surface area contributed by atoms with Crippen molar-refractivity contribution in [3.63, 3.8) is 0 Å². The van der Waals surface area contributed by atoms with Gasteiger partial charge in [-0.25, -0.2) is 0 Å². The lowest BCUT2D eigenvalue weighted by molar-refractivity contribution is -0.131. The second-order valence-corrected chi connectivity index (χ2v) is 7.66. The standard InChI is InChI=1S/C18H26N4O2/c1-20-15(6-10-19-20)17(24)21-11-2-7-18(9-12-21)8-5-16(23)22(18)13-14-3-4-14/h6,10,14H,2-5,7-9,11-13H2,1H3. The molecule has 2 amide bonds. The lowest BCUT2D eigenvalue weighted by Gasteiger charge is -2.38. The van der Waals surface area contributed by atoms with Crippen LogP contribution in [0.2, 0.25) is 0 Å². The van der Waals surface area contributed by atoms with Gasteiger partial charge in [-0.1, -0.05) is 0 Å². The van der Waals surface area contributed by atoms with Crippen molar-refractivity contribution in [2.75, 3.05) is 19.6 Å². The highest BCUT2D eigenvalue weighted by atomic mass is 16.2. The minimum Gasteiger partial charge on any atom is -0.337 e. The number of aryl methyl sites for hydroxylation is 1. The van der Waals surface area contributed by atoms with E-state index in [1.807, 2.05) is 4.90 Å². The Morgan fingerprint density at radius 3 is 2.83 bits per heavy atom. The number of aromatic nitrogens is 2. The van der Waals surface area contributed by atoms with Gasteiger partial charge in [0.1, 0.15) is 5.69 Å². The van der Waals surface area contributed by atoms with Gasteiger partial charge < -0.3 is 9.80 Å². The predicted octanol–water partition coefficient (Wildman–Crippen LogP) is 1.82. The van der Waals surface area contributed by atoms with Crippen molar-refractivity contribution in [1.82, 2.24) is 19.6 Å². The first-order valence-electron chi connectivity index (χ1n) is 9.17. The summed E-state index contributed by atoms with van der Waals surface area (Å²) in [7, 11) is 1.81. The highest BCUT2D eigenvalue weighted by Crippen LogP contribution is 2.42. The van der Waals surface area contributed by atoms with Gasteiger partial charge >= 0.3 is 0 Å². The van der Waals surface area contributed by atoms with E-state index in [0.717, 1.165) is 51.2 Å². The van der Waals surface area contributed by atoms with Crippen LogP contribution in [0.25, 0.3) is 0 Å². The van der Waals surface area contributed by atoms with E-state index in [2.05, 4.69) is 10.00 Å². The molecule has 2 aliphatic heterocycles. The third-order valence-corrected chi connectivity index (χ3v) is 6.06. The Bertz CT molecular complexity index is 651. The summed E-state index contributed by atoms with van der Waals surface area (Å²) < 4.78 is 1.64. The molecule has 3 fully saturated rings. The maximum absolute atomic E-state index is 12.8. The molecule has 6 nitrogen and oxygen atoms in total. The third kappa shape index (κ3) is 2.72. The molecule has 4 rings (SSSR count). The number of hydrogen-bond donors (Lipinski definition) is 0. The molecule has 1 aliphatic carbocycles. The molecule has 0 aromatic carbocycles. The van der Waals surface area contributed by atoms with Gasteiger partial charge in [-0.2, -0.15) is 5.10 Å². The number of likely N-dealkylation sites (tertiary alicyclic amines) is 2. The largest absolute Gasteiger partial charge is 0.337 e. The normalized spacial score (nSPS) is 27.8. The highest BCUT2D eigenvalue weighted by molar-refractivity contribution is 5.92. The number of rotatable bonds is 3. The van der Waals surface area contributed by atoms with Gasteiger partial charge in [-0.15, -0.1) is 0 Å². The molecule has 0 N–H and O–H groups in total. The molecule has 3 aliphatic rings. The summed E-state index contributed by atoms with van der Waals surface area (Å²) in [6.07, 6.45) is 8.76. The van der Waals surface area contributed by atoms with E-state index >= 15 is 0 Å². The fraction of sp³-hybridized carbons (Fsp3) is 0.722. The maximum atomic E-state index is 12.8. The van der Waals surface area contributed by atoms with Crippen LogP contribution in [0.1, 0.15) is 55.4 Å². The Morgan fingerprint density at radius 1 is 1.29 bits per heavy atom. The Balaban J connectivity index is 1.48. The number of carbonyl (C=O) groups excluding carboxylic acids is 2. The molecule has 3 heterocycles. The molecule has 2 saturated heterocycles. The fourth-order valence-electron chi connectivity index (χ4n) is 4.38. The molecule has 6 heteroatoms. The summed E-state index contributed by atoms with van der Waals surface area (Å²) in [5, 5.41) is 4.10. The van der Waals surface area contributed by atoms with Crippen LogP contribution in [0.4, 0.5) is 0 Å². The van der Waals surface area contributed by atoms with Gasteiger partial charge in [-0.3, -0.25) is 14.3 Å². The molecule has 130 valence electrons. The lowest BCUT2D eigenvalue weighted by atomic mass is 9.87. The molecule has 0 bridgehead atoms. The molecule has 1 aromatic heterocycles. The van der Waals surface area contributed by atoms with Crippen LogP contribution in [0.3, 0.4) is 0 Å². The van der Waals surface area contributed by atoms with Gasteiger partial charge in [0.15, 0.2) is 0 Å². The van der Waals surface area contributed by atoms with Crippen molar-refractivity contribution in [2.45, 2.75) is 50.5 Å². The summed E-state index contributed by atoms with van der Waals surface area (Å²) in [6, 6.07) is 1.78. The van der Waals surface area contributed by atoms with Gasteiger partial charge in [0.2, 0.25) is 5.91 Å². The van der Waals surface area contributed by atoms with Crippen molar-refractivity contribution in [1.29, 1.82) is 0 Å². The van der Waals surface area contributed by atoms with Crippen molar-refractivity contribution < 1.29 is 9.59 Å². The van der Waals surface area contributed by atoms with Crippen LogP contribution >= 0.6 is 0 Å². The summed E-state index contributed by atoms with van der Waals surface area (Å²) in [4.78, 5) is 29.3. The maximum Gasteiger partial charge on any atom is 0.272 e. The van der Waals surface area contributed by atoms with Crippen LogP contribution in [0.15, 0.2) is 12.3 Å². The zero-order chi connectivity index (χ0) is 16.7. The Labute approximate surface area is 142 Å². The average Bonchev–Trinajstić information content (AvgIpc) is 3.27. The molecule has 1 spiro atoms. The van der Waals surface area contributed by atoms with E-state index in [4.69, 9.17) is 0 Å². The zero-order valence-corrected chi connectivity index (χ0v) is 14.4. The smallest absolute Gasteiger partial charge is 0.272 e. The number of amides is 2. The monoisotopic (exact) mass is 330 g/mol. The van der Waals surface area contributed by atoms with Crippen LogP contribution in [0, 0.1) is 5.92 Å². The van der Waals surface area contributed by atoms with Crippen LogP contribution in [-0.4, -0.2) is 56.6 Å². The topological polar surface area (TPSA) is 58.4 Å². The van der Waals surface area contributed by atoms with E-state index in [1.165, 1.54) is 12.8 Å². The van der Waals surface area contributed by atoms with Gasteiger partial charge in [-0.05, 0) is 50.5 Å². The molecule has 1 unspecified atom stereocenters. The van der Waals surface area contributed by atoms with E-state index in [1.54, 1.807) is 24.0 Å². The average molecular weight is 330 g/mol. The molecule has 1 saturated carbocycles. The van der Waals surface area contributed by atoms with Crippen molar-refractivity contribution >= 4 is 11.8 Å². The first-order valence-corrected chi connectivity index (χ1v) is 9.17. The second-order valence-electron chi connectivity index (χ2n) is 7.66. The molecule has 0 radical (unpaired) electrons. The Hall–Kier alpha value is -1.85. The molecular formula is C18H26N4O2. The van der Waals surface area contributed by atoms with Crippen LogP contribution in [-0.2, 0) is 11.8 Å². The van der Waals surface area contributed by atoms with E-state index in [0.29, 0.717) is 18.0 Å². The quantitative estimate of drug-likeness (QED) is 0.849. The van der Waals surface area contributed by atoms with Crippen LogP contribution < -0.4 is 0 Å². The van der Waals surface area contributed by atoms with Crippen LogP contribution in [0.5, 0.6) is 0 Å². The van der Waals surface area contributed by atoms with E-state index in [-0.39, 0.29) is 11.4 Å². The third-order valence-electron chi connectivity index (χ3n) is 6.06. The summed E-state index contributed by atoms with van der Waals surface area (Å²) in [5.74, 6) is 1.11. The minimum atomic E-state index is 0.00115. The molecular weight excluding hydrogens is 304 g/mol. The highest BCUT2D eigenvalue weighted by Gasteiger charge is 2.47. The fourth-order valence-corrected chi connectivity index (χ4v) is 4.38. The summed E-state index contributed by atoms with van der Waals surface area (Å²) in [5.41, 5.74) is 0.643. The van der Waals surface area contributed by atoms with Gasteiger partial charge in [0.05, 0.1) is 0 Å².